The summed E-state index contributed by atoms with van der Waals surface area (Å²) in [6.07, 6.45) is 3.61. The van der Waals surface area contributed by atoms with Gasteiger partial charge in [-0.3, -0.25) is 9.59 Å². The Labute approximate surface area is 125 Å². The van der Waals surface area contributed by atoms with Crippen LogP contribution in [0.5, 0.6) is 0 Å². The second kappa shape index (κ2) is 6.72. The SMILES string of the molecule is CN(CC(=O)Nc1ccccc1)C(=O)CC1(CN)CCC1. The molecule has 1 aromatic rings. The molecule has 21 heavy (non-hydrogen) atoms. The van der Waals surface area contributed by atoms with Gasteiger partial charge >= 0.3 is 0 Å². The minimum Gasteiger partial charge on any atom is -0.336 e. The molecule has 1 aliphatic rings. The van der Waals surface area contributed by atoms with Gasteiger partial charge in [0.25, 0.3) is 0 Å². The number of benzene rings is 1. The molecular weight excluding hydrogens is 266 g/mol. The van der Waals surface area contributed by atoms with Crippen LogP contribution in [0.25, 0.3) is 0 Å². The summed E-state index contributed by atoms with van der Waals surface area (Å²) >= 11 is 0. The number of carbonyl (C=O) groups excluding carboxylic acids is 2. The van der Waals surface area contributed by atoms with E-state index in [1.54, 1.807) is 7.05 Å². The number of nitrogens with two attached hydrogens (primary N) is 1. The fraction of sp³-hybridized carbons (Fsp3) is 0.500. The molecule has 0 heterocycles. The van der Waals surface area contributed by atoms with E-state index in [-0.39, 0.29) is 23.8 Å². The van der Waals surface area contributed by atoms with Gasteiger partial charge in [-0.2, -0.15) is 0 Å². The minimum absolute atomic E-state index is 0.0108. The number of rotatable bonds is 6. The predicted octanol–water partition coefficient (Wildman–Crippen LogP) is 1.60. The van der Waals surface area contributed by atoms with E-state index in [2.05, 4.69) is 5.32 Å². The van der Waals surface area contributed by atoms with Crippen LogP contribution in [-0.2, 0) is 9.59 Å². The highest BCUT2D eigenvalue weighted by Crippen LogP contribution is 2.43. The number of para-hydroxylation sites is 1. The maximum atomic E-state index is 12.2. The normalized spacial score (nSPS) is 15.9. The van der Waals surface area contributed by atoms with E-state index in [1.165, 1.54) is 4.90 Å². The van der Waals surface area contributed by atoms with Crippen molar-refractivity contribution in [1.29, 1.82) is 0 Å². The minimum atomic E-state index is -0.188. The Bertz CT molecular complexity index is 492. The zero-order valence-electron chi connectivity index (χ0n) is 12.5. The molecule has 1 saturated carbocycles. The summed E-state index contributed by atoms with van der Waals surface area (Å²) in [4.78, 5) is 25.6. The third-order valence-electron chi connectivity index (χ3n) is 4.24. The van der Waals surface area contributed by atoms with Crippen molar-refractivity contribution in [3.8, 4) is 0 Å². The van der Waals surface area contributed by atoms with Crippen LogP contribution in [-0.4, -0.2) is 36.9 Å². The van der Waals surface area contributed by atoms with Crippen molar-refractivity contribution >= 4 is 17.5 Å². The van der Waals surface area contributed by atoms with Crippen molar-refractivity contribution < 1.29 is 9.59 Å². The summed E-state index contributed by atoms with van der Waals surface area (Å²) in [5, 5.41) is 2.77. The number of hydrogen-bond donors (Lipinski definition) is 2. The van der Waals surface area contributed by atoms with Crippen LogP contribution in [0.3, 0.4) is 0 Å². The molecule has 2 amide bonds. The first kappa shape index (κ1) is 15.5. The van der Waals surface area contributed by atoms with Crippen LogP contribution < -0.4 is 11.1 Å². The molecule has 5 heteroatoms. The summed E-state index contributed by atoms with van der Waals surface area (Å²) in [5.74, 6) is -0.198. The Balaban J connectivity index is 1.81. The van der Waals surface area contributed by atoms with E-state index in [9.17, 15) is 9.59 Å². The van der Waals surface area contributed by atoms with E-state index in [1.807, 2.05) is 30.3 Å². The highest BCUT2D eigenvalue weighted by molar-refractivity contribution is 5.94. The summed E-state index contributed by atoms with van der Waals surface area (Å²) < 4.78 is 0. The van der Waals surface area contributed by atoms with E-state index in [4.69, 9.17) is 5.73 Å². The standard InChI is InChI=1S/C16H23N3O2/c1-19(15(21)10-16(12-17)8-5-9-16)11-14(20)18-13-6-3-2-4-7-13/h2-4,6-7H,5,8-12,17H2,1H3,(H,18,20). The highest BCUT2D eigenvalue weighted by Gasteiger charge is 2.38. The van der Waals surface area contributed by atoms with E-state index >= 15 is 0 Å². The number of likely N-dealkylation sites (N-methyl/N-ethyl adjacent to an activating group) is 1. The lowest BCUT2D eigenvalue weighted by Gasteiger charge is -2.41. The quantitative estimate of drug-likeness (QED) is 0.835. The van der Waals surface area contributed by atoms with Gasteiger partial charge in [0.05, 0.1) is 6.54 Å². The first-order valence-electron chi connectivity index (χ1n) is 7.34. The summed E-state index contributed by atoms with van der Waals surface area (Å²) in [5.41, 5.74) is 6.48. The third-order valence-corrected chi connectivity index (χ3v) is 4.24. The van der Waals surface area contributed by atoms with Gasteiger partial charge in [0, 0.05) is 19.2 Å². The molecule has 0 unspecified atom stereocenters. The molecule has 0 atom stereocenters. The topological polar surface area (TPSA) is 75.4 Å². The largest absolute Gasteiger partial charge is 0.336 e. The Kier molecular flexibility index (Phi) is 4.96. The molecule has 1 aromatic carbocycles. The fourth-order valence-corrected chi connectivity index (χ4v) is 2.61. The van der Waals surface area contributed by atoms with Gasteiger partial charge in [-0.05, 0) is 36.9 Å². The molecule has 2 rings (SSSR count). The number of carbonyl (C=O) groups is 2. The Hall–Kier alpha value is -1.88. The second-order valence-electron chi connectivity index (χ2n) is 5.90. The average Bonchev–Trinajstić information content (AvgIpc) is 2.43. The van der Waals surface area contributed by atoms with Crippen molar-refractivity contribution in [2.75, 3.05) is 25.5 Å². The predicted molar refractivity (Wildman–Crippen MR) is 82.7 cm³/mol. The molecular formula is C16H23N3O2. The highest BCUT2D eigenvalue weighted by atomic mass is 16.2. The Morgan fingerprint density at radius 2 is 1.95 bits per heavy atom. The molecule has 0 saturated heterocycles. The number of hydrogen-bond acceptors (Lipinski definition) is 3. The molecule has 0 aromatic heterocycles. The van der Waals surface area contributed by atoms with Crippen LogP contribution in [0.15, 0.2) is 30.3 Å². The van der Waals surface area contributed by atoms with Gasteiger partial charge in [0.2, 0.25) is 11.8 Å². The molecule has 0 aliphatic heterocycles. The van der Waals surface area contributed by atoms with E-state index < -0.39 is 0 Å². The molecule has 1 aliphatic carbocycles. The second-order valence-corrected chi connectivity index (χ2v) is 5.90. The van der Waals surface area contributed by atoms with Crippen LogP contribution >= 0.6 is 0 Å². The number of nitrogens with one attached hydrogen (secondary N) is 1. The first-order chi connectivity index (χ1) is 10.0. The molecule has 5 nitrogen and oxygen atoms in total. The molecule has 114 valence electrons. The smallest absolute Gasteiger partial charge is 0.243 e. The van der Waals surface area contributed by atoms with Gasteiger partial charge < -0.3 is 16.0 Å². The fourth-order valence-electron chi connectivity index (χ4n) is 2.61. The van der Waals surface area contributed by atoms with E-state index in [0.717, 1.165) is 24.9 Å². The van der Waals surface area contributed by atoms with Crippen LogP contribution in [0.2, 0.25) is 0 Å². The molecule has 0 spiro atoms. The Morgan fingerprint density at radius 3 is 2.48 bits per heavy atom. The zero-order valence-corrected chi connectivity index (χ0v) is 12.5. The summed E-state index contributed by atoms with van der Waals surface area (Å²) in [6.45, 7) is 0.608. The van der Waals surface area contributed by atoms with Crippen LogP contribution in [0.1, 0.15) is 25.7 Å². The van der Waals surface area contributed by atoms with Gasteiger partial charge in [0.1, 0.15) is 0 Å². The molecule has 1 fully saturated rings. The van der Waals surface area contributed by atoms with Crippen molar-refractivity contribution in [2.45, 2.75) is 25.7 Å². The zero-order chi connectivity index (χ0) is 15.3. The van der Waals surface area contributed by atoms with Gasteiger partial charge in [0.15, 0.2) is 0 Å². The summed E-state index contributed by atoms with van der Waals surface area (Å²) in [7, 11) is 1.66. The van der Waals surface area contributed by atoms with Crippen molar-refractivity contribution in [3.63, 3.8) is 0 Å². The van der Waals surface area contributed by atoms with Crippen molar-refractivity contribution in [2.24, 2.45) is 11.1 Å². The maximum Gasteiger partial charge on any atom is 0.243 e. The van der Waals surface area contributed by atoms with Crippen LogP contribution in [0, 0.1) is 5.41 Å². The number of amides is 2. The van der Waals surface area contributed by atoms with Crippen molar-refractivity contribution in [3.05, 3.63) is 30.3 Å². The lowest BCUT2D eigenvalue weighted by Crippen LogP contribution is -2.43. The molecule has 0 bridgehead atoms. The maximum absolute atomic E-state index is 12.2. The third kappa shape index (κ3) is 4.04. The van der Waals surface area contributed by atoms with E-state index in [0.29, 0.717) is 13.0 Å². The first-order valence-corrected chi connectivity index (χ1v) is 7.34. The van der Waals surface area contributed by atoms with Gasteiger partial charge in [-0.1, -0.05) is 24.6 Å². The number of nitrogens with zero attached hydrogens (tertiary/aromatic N) is 1. The average molecular weight is 289 g/mol. The molecule has 3 N–H and O–H groups in total. The van der Waals surface area contributed by atoms with Crippen LogP contribution in [0.4, 0.5) is 5.69 Å². The number of anilines is 1. The van der Waals surface area contributed by atoms with Gasteiger partial charge in [-0.25, -0.2) is 0 Å². The van der Waals surface area contributed by atoms with Gasteiger partial charge in [-0.15, -0.1) is 0 Å². The lowest BCUT2D eigenvalue weighted by molar-refractivity contribution is -0.136. The van der Waals surface area contributed by atoms with Crippen molar-refractivity contribution in [1.82, 2.24) is 4.90 Å². The summed E-state index contributed by atoms with van der Waals surface area (Å²) in [6, 6.07) is 9.23. The lowest BCUT2D eigenvalue weighted by atomic mass is 9.66. The Morgan fingerprint density at radius 1 is 1.29 bits per heavy atom. The monoisotopic (exact) mass is 289 g/mol. The molecule has 0 radical (unpaired) electrons.